The number of thioether (sulfide) groups is 1. The van der Waals surface area contributed by atoms with Gasteiger partial charge in [0.25, 0.3) is 0 Å². The first kappa shape index (κ1) is 15.4. The lowest BCUT2D eigenvalue weighted by atomic mass is 9.93. The second-order valence-electron chi connectivity index (χ2n) is 6.75. The summed E-state index contributed by atoms with van der Waals surface area (Å²) in [7, 11) is 0. The van der Waals surface area contributed by atoms with Crippen LogP contribution in [-0.2, 0) is 0 Å². The maximum atomic E-state index is 3.79. The van der Waals surface area contributed by atoms with Crippen LogP contribution in [0.3, 0.4) is 0 Å². The van der Waals surface area contributed by atoms with E-state index < -0.39 is 0 Å². The molecule has 1 N–H and O–H groups in total. The van der Waals surface area contributed by atoms with E-state index in [1.165, 1.54) is 36.5 Å². The molecule has 2 saturated heterocycles. The third kappa shape index (κ3) is 3.64. The van der Waals surface area contributed by atoms with Gasteiger partial charge in [-0.05, 0) is 30.1 Å². The number of benzene rings is 1. The van der Waals surface area contributed by atoms with E-state index in [-0.39, 0.29) is 0 Å². The van der Waals surface area contributed by atoms with Crippen LogP contribution in [0.5, 0.6) is 0 Å². The summed E-state index contributed by atoms with van der Waals surface area (Å²) in [5, 5.41) is 3.79. The van der Waals surface area contributed by atoms with Crippen molar-refractivity contribution in [3.63, 3.8) is 0 Å². The fourth-order valence-electron chi connectivity index (χ4n) is 3.62. The lowest BCUT2D eigenvalue weighted by Gasteiger charge is -2.47. The molecule has 2 fully saturated rings. The first-order valence-corrected chi connectivity index (χ1v) is 9.53. The minimum Gasteiger partial charge on any atom is -0.311 e. The zero-order valence-corrected chi connectivity index (χ0v) is 14.1. The van der Waals surface area contributed by atoms with Gasteiger partial charge in [-0.15, -0.1) is 0 Å². The summed E-state index contributed by atoms with van der Waals surface area (Å²) in [6, 6.07) is 13.0. The molecular formula is C18H28N2S. The van der Waals surface area contributed by atoms with Crippen molar-refractivity contribution in [3.8, 4) is 0 Å². The average Bonchev–Trinajstić information content (AvgIpc) is 2.56. The van der Waals surface area contributed by atoms with E-state index in [2.05, 4.69) is 66.2 Å². The lowest BCUT2D eigenvalue weighted by Crippen LogP contribution is -2.57. The largest absolute Gasteiger partial charge is 0.311 e. The van der Waals surface area contributed by atoms with E-state index >= 15 is 0 Å². The summed E-state index contributed by atoms with van der Waals surface area (Å²) in [4.78, 5) is 2.81. The minimum absolute atomic E-state index is 0.546. The Bertz CT molecular complexity index is 428. The molecule has 1 aromatic carbocycles. The van der Waals surface area contributed by atoms with Crippen LogP contribution in [0.15, 0.2) is 30.3 Å². The Labute approximate surface area is 133 Å². The Hall–Kier alpha value is -0.510. The first-order valence-electron chi connectivity index (χ1n) is 8.37. The molecule has 116 valence electrons. The third-order valence-corrected chi connectivity index (χ3v) is 6.17. The second kappa shape index (κ2) is 7.17. The summed E-state index contributed by atoms with van der Waals surface area (Å²) < 4.78 is 0. The van der Waals surface area contributed by atoms with Crippen LogP contribution in [0.2, 0.25) is 0 Å². The molecule has 2 aliphatic rings. The smallest absolute Gasteiger partial charge is 0.0476 e. The number of rotatable bonds is 3. The molecule has 0 spiro atoms. The highest BCUT2D eigenvalue weighted by molar-refractivity contribution is 7.99. The maximum Gasteiger partial charge on any atom is 0.0476 e. The number of nitrogens with zero attached hydrogens (tertiary/aromatic N) is 1. The van der Waals surface area contributed by atoms with E-state index in [1.807, 2.05) is 0 Å². The first-order chi connectivity index (χ1) is 10.3. The summed E-state index contributed by atoms with van der Waals surface area (Å²) in [5.74, 6) is 3.38. The molecule has 3 unspecified atom stereocenters. The fourth-order valence-corrected chi connectivity index (χ4v) is 4.79. The molecule has 2 aliphatic heterocycles. The van der Waals surface area contributed by atoms with E-state index in [0.717, 1.165) is 12.6 Å². The molecule has 3 rings (SSSR count). The van der Waals surface area contributed by atoms with E-state index in [9.17, 15) is 0 Å². The molecule has 3 atom stereocenters. The maximum absolute atomic E-state index is 3.79. The van der Waals surface area contributed by atoms with Crippen LogP contribution in [0.25, 0.3) is 0 Å². The summed E-state index contributed by atoms with van der Waals surface area (Å²) >= 11 is 2.14. The number of piperazine rings is 1. The molecule has 1 aromatic rings. The average molecular weight is 305 g/mol. The predicted molar refractivity (Wildman–Crippen MR) is 92.9 cm³/mol. The minimum atomic E-state index is 0.546. The lowest BCUT2D eigenvalue weighted by molar-refractivity contribution is 0.0726. The molecule has 0 radical (unpaired) electrons. The molecular weight excluding hydrogens is 276 g/mol. The van der Waals surface area contributed by atoms with Crippen molar-refractivity contribution in [1.82, 2.24) is 10.2 Å². The summed E-state index contributed by atoms with van der Waals surface area (Å²) in [6.45, 7) is 6.97. The van der Waals surface area contributed by atoms with Crippen molar-refractivity contribution in [2.75, 3.05) is 24.6 Å². The highest BCUT2D eigenvalue weighted by Crippen LogP contribution is 2.32. The monoisotopic (exact) mass is 304 g/mol. The van der Waals surface area contributed by atoms with Gasteiger partial charge in [-0.25, -0.2) is 0 Å². The molecule has 0 bridgehead atoms. The van der Waals surface area contributed by atoms with E-state index in [0.29, 0.717) is 18.0 Å². The van der Waals surface area contributed by atoms with Gasteiger partial charge >= 0.3 is 0 Å². The molecule has 0 aromatic heterocycles. The Morgan fingerprint density at radius 1 is 1.24 bits per heavy atom. The molecule has 21 heavy (non-hydrogen) atoms. The fraction of sp³-hybridized carbons (Fsp3) is 0.667. The van der Waals surface area contributed by atoms with Crippen molar-refractivity contribution in [1.29, 1.82) is 0 Å². The Morgan fingerprint density at radius 2 is 2.05 bits per heavy atom. The molecule has 2 heterocycles. The van der Waals surface area contributed by atoms with Crippen LogP contribution < -0.4 is 5.32 Å². The number of nitrogens with one attached hydrogen (secondary N) is 1. The topological polar surface area (TPSA) is 15.3 Å². The molecule has 0 amide bonds. The quantitative estimate of drug-likeness (QED) is 0.919. The Morgan fingerprint density at radius 3 is 2.71 bits per heavy atom. The highest BCUT2D eigenvalue weighted by atomic mass is 32.2. The number of hydrogen-bond acceptors (Lipinski definition) is 3. The van der Waals surface area contributed by atoms with Gasteiger partial charge in [-0.2, -0.15) is 11.8 Å². The SMILES string of the molecule is CC(C)C1CN(C2CCCSC2)C(c2ccccc2)CN1. The summed E-state index contributed by atoms with van der Waals surface area (Å²) in [6.07, 6.45) is 2.76. The summed E-state index contributed by atoms with van der Waals surface area (Å²) in [5.41, 5.74) is 1.47. The molecule has 2 nitrogen and oxygen atoms in total. The van der Waals surface area contributed by atoms with Crippen molar-refractivity contribution >= 4 is 11.8 Å². The zero-order valence-electron chi connectivity index (χ0n) is 13.3. The van der Waals surface area contributed by atoms with Gasteiger partial charge in [-0.1, -0.05) is 44.2 Å². The van der Waals surface area contributed by atoms with Gasteiger partial charge < -0.3 is 5.32 Å². The van der Waals surface area contributed by atoms with Gasteiger partial charge in [0.1, 0.15) is 0 Å². The Balaban J connectivity index is 1.80. The van der Waals surface area contributed by atoms with E-state index in [4.69, 9.17) is 0 Å². The van der Waals surface area contributed by atoms with E-state index in [1.54, 1.807) is 0 Å². The van der Waals surface area contributed by atoms with Crippen molar-refractivity contribution < 1.29 is 0 Å². The van der Waals surface area contributed by atoms with Gasteiger partial charge in [0.15, 0.2) is 0 Å². The third-order valence-electron chi connectivity index (χ3n) is 4.98. The second-order valence-corrected chi connectivity index (χ2v) is 7.90. The van der Waals surface area contributed by atoms with Crippen LogP contribution in [0, 0.1) is 5.92 Å². The van der Waals surface area contributed by atoms with Gasteiger partial charge in [-0.3, -0.25) is 4.90 Å². The van der Waals surface area contributed by atoms with Gasteiger partial charge in [0.2, 0.25) is 0 Å². The Kier molecular flexibility index (Phi) is 5.25. The van der Waals surface area contributed by atoms with Gasteiger partial charge in [0, 0.05) is 37.0 Å². The van der Waals surface area contributed by atoms with Crippen LogP contribution in [0.4, 0.5) is 0 Å². The zero-order chi connectivity index (χ0) is 14.7. The van der Waals surface area contributed by atoms with Gasteiger partial charge in [0.05, 0.1) is 0 Å². The van der Waals surface area contributed by atoms with Crippen LogP contribution in [-0.4, -0.2) is 41.6 Å². The normalized spacial score (nSPS) is 31.5. The molecule has 3 heteroatoms. The standard InChI is InChI=1S/C18H28N2S/c1-14(2)17-12-20(16-9-6-10-21-13-16)18(11-19-17)15-7-4-3-5-8-15/h3-5,7-8,14,16-19H,6,9-13H2,1-2H3. The molecule has 0 aliphatic carbocycles. The number of hydrogen-bond donors (Lipinski definition) is 1. The molecule has 0 saturated carbocycles. The van der Waals surface area contributed by atoms with Crippen LogP contribution in [0.1, 0.15) is 38.3 Å². The van der Waals surface area contributed by atoms with Crippen molar-refractivity contribution in [3.05, 3.63) is 35.9 Å². The predicted octanol–water partition coefficient (Wildman–Crippen LogP) is 3.55. The van der Waals surface area contributed by atoms with Crippen molar-refractivity contribution in [2.45, 2.75) is 44.8 Å². The highest BCUT2D eigenvalue weighted by Gasteiger charge is 2.35. The van der Waals surface area contributed by atoms with Crippen LogP contribution >= 0.6 is 11.8 Å². The van der Waals surface area contributed by atoms with Crippen molar-refractivity contribution in [2.24, 2.45) is 5.92 Å².